The van der Waals surface area contributed by atoms with E-state index in [0.29, 0.717) is 10.1 Å². The molecule has 7 heteroatoms. The molecular formula is C4H5ClN2O2S2. The first kappa shape index (κ1) is 8.89. The first-order valence-corrected chi connectivity index (χ1v) is 6.03. The van der Waals surface area contributed by atoms with E-state index < -0.39 is 18.7 Å². The standard InChI is InChI=1S/C4H5ClN2O2S2/c1-3-6-7-4(2-5)10(3)11(8)9/h2H2,1H3. The van der Waals surface area contributed by atoms with Gasteiger partial charge in [-0.1, -0.05) is 0 Å². The van der Waals surface area contributed by atoms with Crippen LogP contribution in [-0.4, -0.2) is 24.4 Å². The van der Waals surface area contributed by atoms with E-state index in [4.69, 9.17) is 11.6 Å². The third-order valence-electron chi connectivity index (χ3n) is 1.04. The molecule has 0 spiro atoms. The van der Waals surface area contributed by atoms with Crippen molar-refractivity contribution in [2.75, 3.05) is 5.88 Å². The molecule has 1 heterocycles. The maximum absolute atomic E-state index is 10.6. The molecule has 0 aromatic heterocycles. The highest BCUT2D eigenvalue weighted by molar-refractivity contribution is 8.49. The highest BCUT2D eigenvalue weighted by Crippen LogP contribution is 2.05. The van der Waals surface area contributed by atoms with Crippen molar-refractivity contribution in [3.8, 4) is 0 Å². The van der Waals surface area contributed by atoms with E-state index in [0.717, 1.165) is 0 Å². The van der Waals surface area contributed by atoms with E-state index in [-0.39, 0.29) is 5.88 Å². The van der Waals surface area contributed by atoms with Crippen molar-refractivity contribution in [3.05, 3.63) is 0 Å². The quantitative estimate of drug-likeness (QED) is 0.591. The van der Waals surface area contributed by atoms with Gasteiger partial charge in [0, 0.05) is 9.45 Å². The van der Waals surface area contributed by atoms with Gasteiger partial charge in [-0.25, -0.2) is 0 Å². The SMILES string of the molecule is CC1=NN=C(CCl)S1=S(=O)=O. The van der Waals surface area contributed by atoms with Crippen molar-refractivity contribution >= 4 is 40.4 Å². The Hall–Kier alpha value is -0.200. The van der Waals surface area contributed by atoms with Crippen LogP contribution < -0.4 is 0 Å². The van der Waals surface area contributed by atoms with E-state index in [2.05, 4.69) is 10.2 Å². The summed E-state index contributed by atoms with van der Waals surface area (Å²) in [6.07, 6.45) is 0. The van der Waals surface area contributed by atoms with E-state index in [1.54, 1.807) is 6.92 Å². The third-order valence-corrected chi connectivity index (χ3v) is 5.11. The second-order valence-electron chi connectivity index (χ2n) is 1.72. The highest BCUT2D eigenvalue weighted by atomic mass is 35.5. The molecule has 1 rings (SSSR count). The van der Waals surface area contributed by atoms with Crippen molar-refractivity contribution in [2.45, 2.75) is 6.92 Å². The van der Waals surface area contributed by atoms with Gasteiger partial charge in [-0.05, 0) is 6.92 Å². The Kier molecular flexibility index (Phi) is 2.80. The van der Waals surface area contributed by atoms with E-state index in [1.165, 1.54) is 0 Å². The minimum Gasteiger partial charge on any atom is -0.177 e. The maximum atomic E-state index is 10.6. The van der Waals surface area contributed by atoms with Gasteiger partial charge in [0.15, 0.2) is 0 Å². The van der Waals surface area contributed by atoms with Crippen molar-refractivity contribution in [1.82, 2.24) is 0 Å². The first-order valence-electron chi connectivity index (χ1n) is 2.68. The number of alkyl halides is 1. The van der Waals surface area contributed by atoms with Crippen LogP contribution in [0.3, 0.4) is 0 Å². The molecule has 0 radical (unpaired) electrons. The van der Waals surface area contributed by atoms with Crippen LogP contribution >= 0.6 is 11.6 Å². The summed E-state index contributed by atoms with van der Waals surface area (Å²) in [7, 11) is -3.15. The van der Waals surface area contributed by atoms with Gasteiger partial charge >= 0.3 is 0 Å². The monoisotopic (exact) mass is 212 g/mol. The Morgan fingerprint density at radius 1 is 1.55 bits per heavy atom. The Bertz CT molecular complexity index is 360. The Balaban J connectivity index is 3.25. The molecule has 0 bridgehead atoms. The normalized spacial score (nSPS) is 22.9. The van der Waals surface area contributed by atoms with E-state index in [9.17, 15) is 8.42 Å². The molecule has 1 aliphatic heterocycles. The zero-order valence-corrected chi connectivity index (χ0v) is 8.00. The average molecular weight is 213 g/mol. The van der Waals surface area contributed by atoms with Crippen LogP contribution in [-0.2, 0) is 18.7 Å². The maximum Gasteiger partial charge on any atom is 0.252 e. The fourth-order valence-electron chi connectivity index (χ4n) is 0.624. The van der Waals surface area contributed by atoms with E-state index in [1.807, 2.05) is 0 Å². The number of nitrogens with zero attached hydrogens (tertiary/aromatic N) is 2. The van der Waals surface area contributed by atoms with Crippen LogP contribution in [0.4, 0.5) is 0 Å². The van der Waals surface area contributed by atoms with Gasteiger partial charge in [0.1, 0.15) is 10.1 Å². The molecule has 1 aliphatic rings. The van der Waals surface area contributed by atoms with Crippen LogP contribution in [0.5, 0.6) is 0 Å². The van der Waals surface area contributed by atoms with Gasteiger partial charge < -0.3 is 0 Å². The van der Waals surface area contributed by atoms with Crippen LogP contribution in [0, 0.1) is 0 Å². The van der Waals surface area contributed by atoms with Crippen LogP contribution in [0.15, 0.2) is 10.2 Å². The summed E-state index contributed by atoms with van der Waals surface area (Å²) in [5, 5.41) is 8.20. The predicted octanol–water partition coefficient (Wildman–Crippen LogP) is 0.383. The number of rotatable bonds is 1. The molecule has 0 N–H and O–H groups in total. The fourth-order valence-corrected chi connectivity index (χ4v) is 3.66. The molecular weight excluding hydrogens is 208 g/mol. The van der Waals surface area contributed by atoms with E-state index >= 15 is 0 Å². The second kappa shape index (κ2) is 3.46. The minimum absolute atomic E-state index is 0.123. The molecule has 62 valence electrons. The molecule has 0 saturated carbocycles. The van der Waals surface area contributed by atoms with Gasteiger partial charge in [0.05, 0.1) is 5.88 Å². The smallest absolute Gasteiger partial charge is 0.177 e. The van der Waals surface area contributed by atoms with Crippen molar-refractivity contribution < 1.29 is 8.42 Å². The summed E-state index contributed by atoms with van der Waals surface area (Å²) in [6, 6.07) is 0. The Labute approximate surface area is 72.1 Å². The van der Waals surface area contributed by atoms with Crippen molar-refractivity contribution in [3.63, 3.8) is 0 Å². The van der Waals surface area contributed by atoms with Crippen LogP contribution in [0.1, 0.15) is 6.92 Å². The molecule has 0 aliphatic carbocycles. The topological polar surface area (TPSA) is 58.9 Å². The second-order valence-corrected chi connectivity index (χ2v) is 5.81. The molecule has 1 unspecified atom stereocenters. The number of halogens is 1. The lowest BCUT2D eigenvalue weighted by molar-refractivity contribution is 0.628. The zero-order chi connectivity index (χ0) is 8.43. The summed E-state index contributed by atoms with van der Waals surface area (Å²) in [5.74, 6) is 0.123. The minimum atomic E-state index is -2.17. The molecule has 0 fully saturated rings. The molecule has 4 nitrogen and oxygen atoms in total. The largest absolute Gasteiger partial charge is 0.252 e. The lowest BCUT2D eigenvalue weighted by atomic mass is 10.9. The highest BCUT2D eigenvalue weighted by Gasteiger charge is 2.16. The molecule has 0 saturated heterocycles. The van der Waals surface area contributed by atoms with Gasteiger partial charge in [-0.2, -0.15) is 8.42 Å². The van der Waals surface area contributed by atoms with Crippen LogP contribution in [0.25, 0.3) is 0 Å². The van der Waals surface area contributed by atoms with Gasteiger partial charge in [0.2, 0.25) is 0 Å². The molecule has 0 aromatic rings. The molecule has 0 aromatic carbocycles. The molecule has 1 atom stereocenters. The summed E-state index contributed by atoms with van der Waals surface area (Å²) in [6.45, 7) is 1.63. The van der Waals surface area contributed by atoms with Crippen molar-refractivity contribution in [2.24, 2.45) is 10.2 Å². The third kappa shape index (κ3) is 1.69. The lowest BCUT2D eigenvalue weighted by Crippen LogP contribution is -2.11. The average Bonchev–Trinajstić information content (AvgIpc) is 2.30. The molecule has 11 heavy (non-hydrogen) atoms. The lowest BCUT2D eigenvalue weighted by Gasteiger charge is -1.91. The van der Waals surface area contributed by atoms with Crippen molar-refractivity contribution in [1.29, 1.82) is 0 Å². The molecule has 0 amide bonds. The summed E-state index contributed by atoms with van der Waals surface area (Å²) < 4.78 is 21.1. The number of hydrogen-bond acceptors (Lipinski definition) is 4. The summed E-state index contributed by atoms with van der Waals surface area (Å²) >= 11 is 5.44. The van der Waals surface area contributed by atoms with Gasteiger partial charge in [-0.15, -0.1) is 21.8 Å². The Morgan fingerprint density at radius 3 is 2.55 bits per heavy atom. The Morgan fingerprint density at radius 2 is 2.18 bits per heavy atom. The van der Waals surface area contributed by atoms with Gasteiger partial charge in [-0.3, -0.25) is 0 Å². The van der Waals surface area contributed by atoms with Gasteiger partial charge in [0.25, 0.3) is 9.26 Å². The summed E-state index contributed by atoms with van der Waals surface area (Å²) in [5.41, 5.74) is 0. The first-order chi connectivity index (χ1) is 5.16. The summed E-state index contributed by atoms with van der Waals surface area (Å²) in [4.78, 5) is 0. The number of hydrogen-bond donors (Lipinski definition) is 0. The van der Waals surface area contributed by atoms with Crippen LogP contribution in [0.2, 0.25) is 0 Å². The predicted molar refractivity (Wildman–Crippen MR) is 47.5 cm³/mol. The zero-order valence-electron chi connectivity index (χ0n) is 5.61. The fraction of sp³-hybridized carbons (Fsp3) is 0.500.